The van der Waals surface area contributed by atoms with Crippen molar-refractivity contribution < 1.29 is 14.3 Å². The maximum absolute atomic E-state index is 12.0. The third kappa shape index (κ3) is 5.00. The highest BCUT2D eigenvalue weighted by atomic mass is 79.9. The van der Waals surface area contributed by atoms with Gasteiger partial charge in [-0.3, -0.25) is 9.69 Å². The summed E-state index contributed by atoms with van der Waals surface area (Å²) in [6.45, 7) is 4.55. The molecular formula is C16H22BrNO3. The van der Waals surface area contributed by atoms with E-state index in [4.69, 9.17) is 9.47 Å². The minimum atomic E-state index is -0.107. The lowest BCUT2D eigenvalue weighted by molar-refractivity contribution is -0.151. The maximum atomic E-state index is 12.0. The van der Waals surface area contributed by atoms with E-state index in [2.05, 4.69) is 20.8 Å². The summed E-state index contributed by atoms with van der Waals surface area (Å²) in [6.07, 6.45) is 3.11. The van der Waals surface area contributed by atoms with Gasteiger partial charge in [-0.25, -0.2) is 0 Å². The van der Waals surface area contributed by atoms with Crippen molar-refractivity contribution in [2.24, 2.45) is 0 Å². The molecular weight excluding hydrogens is 334 g/mol. The molecule has 5 heteroatoms. The predicted molar refractivity (Wildman–Crippen MR) is 85.5 cm³/mol. The average Bonchev–Trinajstić information content (AvgIpc) is 2.48. The summed E-state index contributed by atoms with van der Waals surface area (Å²) in [5.41, 5.74) is 0. The highest BCUT2D eigenvalue weighted by Gasteiger charge is 2.29. The summed E-state index contributed by atoms with van der Waals surface area (Å²) in [4.78, 5) is 14.2. The maximum Gasteiger partial charge on any atom is 0.323 e. The van der Waals surface area contributed by atoms with Crippen molar-refractivity contribution in [2.45, 2.75) is 32.2 Å². The molecule has 0 saturated carbocycles. The molecule has 1 aromatic rings. The van der Waals surface area contributed by atoms with E-state index in [-0.39, 0.29) is 12.0 Å². The topological polar surface area (TPSA) is 38.8 Å². The summed E-state index contributed by atoms with van der Waals surface area (Å²) in [5.74, 6) is 0.744. The highest BCUT2D eigenvalue weighted by Crippen LogP contribution is 2.20. The molecule has 116 valence electrons. The molecule has 0 bridgehead atoms. The summed E-state index contributed by atoms with van der Waals surface area (Å²) in [6, 6.07) is 7.68. The van der Waals surface area contributed by atoms with Crippen molar-refractivity contribution in [1.29, 1.82) is 0 Å². The van der Waals surface area contributed by atoms with Gasteiger partial charge in [0.05, 0.1) is 6.61 Å². The highest BCUT2D eigenvalue weighted by molar-refractivity contribution is 9.10. The van der Waals surface area contributed by atoms with Gasteiger partial charge < -0.3 is 9.47 Å². The molecule has 0 aliphatic carbocycles. The molecule has 0 N–H and O–H groups in total. The van der Waals surface area contributed by atoms with Crippen molar-refractivity contribution in [3.8, 4) is 5.75 Å². The van der Waals surface area contributed by atoms with Gasteiger partial charge in [-0.2, -0.15) is 0 Å². The number of carbonyl (C=O) groups excluding carboxylic acids is 1. The molecule has 1 atom stereocenters. The molecule has 1 heterocycles. The van der Waals surface area contributed by atoms with Crippen LogP contribution in [0.3, 0.4) is 0 Å². The zero-order chi connectivity index (χ0) is 15.1. The molecule has 1 aromatic carbocycles. The Morgan fingerprint density at radius 3 is 3.05 bits per heavy atom. The third-order valence-electron chi connectivity index (χ3n) is 3.62. The molecule has 1 saturated heterocycles. The van der Waals surface area contributed by atoms with E-state index in [1.165, 1.54) is 0 Å². The number of hydrogen-bond donors (Lipinski definition) is 0. The molecule has 1 aliphatic rings. The Bertz CT molecular complexity index is 467. The van der Waals surface area contributed by atoms with Gasteiger partial charge in [0.15, 0.2) is 0 Å². The van der Waals surface area contributed by atoms with Crippen molar-refractivity contribution in [1.82, 2.24) is 4.90 Å². The van der Waals surface area contributed by atoms with E-state index in [0.717, 1.165) is 42.6 Å². The Labute approximate surface area is 134 Å². The van der Waals surface area contributed by atoms with Crippen LogP contribution in [0.25, 0.3) is 0 Å². The molecule has 4 nitrogen and oxygen atoms in total. The van der Waals surface area contributed by atoms with Gasteiger partial charge in [0.25, 0.3) is 0 Å². The van der Waals surface area contributed by atoms with E-state index < -0.39 is 0 Å². The summed E-state index contributed by atoms with van der Waals surface area (Å²) in [7, 11) is 0. The summed E-state index contributed by atoms with van der Waals surface area (Å²) < 4.78 is 11.9. The third-order valence-corrected chi connectivity index (χ3v) is 4.11. The van der Waals surface area contributed by atoms with E-state index >= 15 is 0 Å². The van der Waals surface area contributed by atoms with Crippen molar-refractivity contribution in [3.63, 3.8) is 0 Å². The lowest BCUT2D eigenvalue weighted by atomic mass is 10.0. The lowest BCUT2D eigenvalue weighted by Crippen LogP contribution is -2.47. The number of rotatable bonds is 6. The Kier molecular flexibility index (Phi) is 6.51. The van der Waals surface area contributed by atoms with Gasteiger partial charge in [-0.15, -0.1) is 0 Å². The largest absolute Gasteiger partial charge is 0.492 e. The first kappa shape index (κ1) is 16.3. The number of carbonyl (C=O) groups is 1. The first-order valence-electron chi connectivity index (χ1n) is 7.49. The van der Waals surface area contributed by atoms with Crippen LogP contribution in [0.5, 0.6) is 5.75 Å². The van der Waals surface area contributed by atoms with Gasteiger partial charge in [0.1, 0.15) is 18.4 Å². The minimum Gasteiger partial charge on any atom is -0.492 e. The number of esters is 1. The van der Waals surface area contributed by atoms with Crippen LogP contribution in [-0.2, 0) is 9.53 Å². The second-order valence-electron chi connectivity index (χ2n) is 5.11. The molecule has 21 heavy (non-hydrogen) atoms. The van der Waals surface area contributed by atoms with Crippen molar-refractivity contribution in [3.05, 3.63) is 28.7 Å². The van der Waals surface area contributed by atoms with Gasteiger partial charge in [0.2, 0.25) is 0 Å². The summed E-state index contributed by atoms with van der Waals surface area (Å²) in [5, 5.41) is 0. The average molecular weight is 356 g/mol. The Balaban J connectivity index is 1.83. The van der Waals surface area contributed by atoms with Crippen molar-refractivity contribution in [2.75, 3.05) is 26.3 Å². The molecule has 1 fully saturated rings. The normalized spacial score (nSPS) is 19.2. The Morgan fingerprint density at radius 1 is 1.43 bits per heavy atom. The molecule has 1 aliphatic heterocycles. The van der Waals surface area contributed by atoms with Crippen LogP contribution >= 0.6 is 15.9 Å². The lowest BCUT2D eigenvalue weighted by Gasteiger charge is -2.33. The fourth-order valence-electron chi connectivity index (χ4n) is 2.60. The SMILES string of the molecule is CCOC(=O)C1CCCCN1CCOc1cccc(Br)c1. The van der Waals surface area contributed by atoms with Crippen LogP contribution in [0, 0.1) is 0 Å². The zero-order valence-electron chi connectivity index (χ0n) is 12.4. The smallest absolute Gasteiger partial charge is 0.323 e. The molecule has 0 amide bonds. The van der Waals surface area contributed by atoms with E-state index in [1.54, 1.807) is 0 Å². The number of ether oxygens (including phenoxy) is 2. The summed E-state index contributed by atoms with van der Waals surface area (Å²) >= 11 is 3.42. The standard InChI is InChI=1S/C16H22BrNO3/c1-2-20-16(19)15-8-3-4-9-18(15)10-11-21-14-7-5-6-13(17)12-14/h5-7,12,15H,2-4,8-11H2,1H3. The van der Waals surface area contributed by atoms with Crippen LogP contribution in [0.1, 0.15) is 26.2 Å². The Hall–Kier alpha value is -1.07. The Morgan fingerprint density at radius 2 is 2.29 bits per heavy atom. The number of piperidine rings is 1. The van der Waals surface area contributed by atoms with Crippen molar-refractivity contribution >= 4 is 21.9 Å². The number of likely N-dealkylation sites (tertiary alicyclic amines) is 1. The zero-order valence-corrected chi connectivity index (χ0v) is 14.0. The first-order valence-corrected chi connectivity index (χ1v) is 8.29. The second-order valence-corrected chi connectivity index (χ2v) is 6.02. The van der Waals surface area contributed by atoms with Crippen LogP contribution in [0.2, 0.25) is 0 Å². The molecule has 0 radical (unpaired) electrons. The monoisotopic (exact) mass is 355 g/mol. The first-order chi connectivity index (χ1) is 10.2. The minimum absolute atomic E-state index is 0.0975. The van der Waals surface area contributed by atoms with Crippen LogP contribution in [0.4, 0.5) is 0 Å². The fraction of sp³-hybridized carbons (Fsp3) is 0.562. The number of benzene rings is 1. The van der Waals surface area contributed by atoms with E-state index in [9.17, 15) is 4.79 Å². The molecule has 2 rings (SSSR count). The van der Waals surface area contributed by atoms with Crippen LogP contribution in [0.15, 0.2) is 28.7 Å². The predicted octanol–water partition coefficient (Wildman–Crippen LogP) is 3.25. The second kappa shape index (κ2) is 8.39. The number of hydrogen-bond acceptors (Lipinski definition) is 4. The van der Waals surface area contributed by atoms with Gasteiger partial charge in [-0.1, -0.05) is 28.4 Å². The van der Waals surface area contributed by atoms with Gasteiger partial charge in [0, 0.05) is 11.0 Å². The number of halogens is 1. The fourth-order valence-corrected chi connectivity index (χ4v) is 2.98. The molecule has 0 aromatic heterocycles. The van der Waals surface area contributed by atoms with Gasteiger partial charge >= 0.3 is 5.97 Å². The van der Waals surface area contributed by atoms with E-state index in [1.807, 2.05) is 31.2 Å². The van der Waals surface area contributed by atoms with Gasteiger partial charge in [-0.05, 0) is 44.5 Å². The molecule has 1 unspecified atom stereocenters. The van der Waals surface area contributed by atoms with Crippen LogP contribution in [-0.4, -0.2) is 43.2 Å². The van der Waals surface area contributed by atoms with E-state index in [0.29, 0.717) is 13.2 Å². The quantitative estimate of drug-likeness (QED) is 0.734. The molecule has 0 spiro atoms. The van der Waals surface area contributed by atoms with Crippen LogP contribution < -0.4 is 4.74 Å². The number of nitrogens with zero attached hydrogens (tertiary/aromatic N) is 1.